The van der Waals surface area contributed by atoms with Gasteiger partial charge in [-0.15, -0.1) is 0 Å². The highest BCUT2D eigenvalue weighted by atomic mass is 19.1. The number of benzene rings is 1. The number of halogens is 1. The third-order valence-electron chi connectivity index (χ3n) is 3.36. The Balaban J connectivity index is 2.18. The maximum Gasteiger partial charge on any atom is 0.337 e. The Morgan fingerprint density at radius 1 is 1.40 bits per heavy atom. The number of hydrogen-bond acceptors (Lipinski definition) is 3. The lowest BCUT2D eigenvalue weighted by atomic mass is 10.0. The summed E-state index contributed by atoms with van der Waals surface area (Å²) in [6.45, 7) is 1.16. The molecule has 3 rings (SSSR count). The third-order valence-corrected chi connectivity index (χ3v) is 3.36. The van der Waals surface area contributed by atoms with E-state index in [-0.39, 0.29) is 16.5 Å². The molecule has 0 fully saturated rings. The lowest BCUT2D eigenvalue weighted by Crippen LogP contribution is -2.05. The first-order valence-electron chi connectivity index (χ1n) is 6.25. The quantitative estimate of drug-likeness (QED) is 0.914. The number of aromatic carboxylic acids is 1. The normalized spacial score (nSPS) is 15.2. The van der Waals surface area contributed by atoms with Crippen molar-refractivity contribution in [2.24, 2.45) is 0 Å². The zero-order valence-electron chi connectivity index (χ0n) is 10.6. The van der Waals surface area contributed by atoms with Gasteiger partial charge >= 0.3 is 5.97 Å². The first-order chi connectivity index (χ1) is 9.66. The van der Waals surface area contributed by atoms with Crippen LogP contribution in [0.3, 0.4) is 0 Å². The van der Waals surface area contributed by atoms with Gasteiger partial charge < -0.3 is 9.84 Å². The largest absolute Gasteiger partial charge is 0.478 e. The lowest BCUT2D eigenvalue weighted by Gasteiger charge is -2.14. The smallest absolute Gasteiger partial charge is 0.337 e. The molecule has 0 radical (unpaired) electrons. The van der Waals surface area contributed by atoms with Crippen molar-refractivity contribution in [2.75, 3.05) is 13.2 Å². The molecule has 0 saturated carbocycles. The molecule has 1 aliphatic heterocycles. The van der Waals surface area contributed by atoms with Crippen molar-refractivity contribution in [1.82, 2.24) is 4.98 Å². The van der Waals surface area contributed by atoms with Crippen molar-refractivity contribution in [1.29, 1.82) is 0 Å². The van der Waals surface area contributed by atoms with Crippen LogP contribution >= 0.6 is 0 Å². The van der Waals surface area contributed by atoms with Gasteiger partial charge in [0.05, 0.1) is 24.3 Å². The molecule has 102 valence electrons. The molecule has 0 aliphatic carbocycles. The first kappa shape index (κ1) is 12.7. The van der Waals surface area contributed by atoms with Crippen LogP contribution in [0.25, 0.3) is 16.5 Å². The molecule has 1 aromatic carbocycles. The van der Waals surface area contributed by atoms with Gasteiger partial charge in [-0.2, -0.15) is 0 Å². The van der Waals surface area contributed by atoms with E-state index < -0.39 is 11.8 Å². The number of rotatable bonds is 2. The molecule has 0 amide bonds. The fourth-order valence-electron chi connectivity index (χ4n) is 2.32. The maximum atomic E-state index is 13.9. The molecule has 0 spiro atoms. The average molecular weight is 273 g/mol. The summed E-state index contributed by atoms with van der Waals surface area (Å²) in [6, 6.07) is 4.05. The van der Waals surface area contributed by atoms with Crippen LogP contribution in [0.1, 0.15) is 22.3 Å². The van der Waals surface area contributed by atoms with Crippen molar-refractivity contribution >= 4 is 22.4 Å². The van der Waals surface area contributed by atoms with Gasteiger partial charge in [0.15, 0.2) is 0 Å². The molecule has 1 aromatic heterocycles. The Kier molecular flexibility index (Phi) is 3.20. The van der Waals surface area contributed by atoms with E-state index in [0.29, 0.717) is 13.2 Å². The van der Waals surface area contributed by atoms with E-state index in [1.165, 1.54) is 6.07 Å². The summed E-state index contributed by atoms with van der Waals surface area (Å²) >= 11 is 0. The molecule has 0 saturated heterocycles. The van der Waals surface area contributed by atoms with Crippen LogP contribution in [-0.2, 0) is 4.74 Å². The molecule has 0 bridgehead atoms. The van der Waals surface area contributed by atoms with E-state index in [2.05, 4.69) is 4.98 Å². The fraction of sp³-hybridized carbons (Fsp3) is 0.200. The van der Waals surface area contributed by atoms with E-state index in [1.54, 1.807) is 12.3 Å². The van der Waals surface area contributed by atoms with Gasteiger partial charge in [-0.25, -0.2) is 9.18 Å². The summed E-state index contributed by atoms with van der Waals surface area (Å²) in [5, 5.41) is 9.33. The summed E-state index contributed by atoms with van der Waals surface area (Å²) in [4.78, 5) is 15.3. The van der Waals surface area contributed by atoms with Crippen molar-refractivity contribution in [3.63, 3.8) is 0 Å². The Morgan fingerprint density at radius 2 is 2.25 bits per heavy atom. The van der Waals surface area contributed by atoms with Gasteiger partial charge in [0, 0.05) is 11.6 Å². The zero-order valence-corrected chi connectivity index (χ0v) is 10.6. The standard InChI is InChI=1S/C15H12FNO3/c16-13-2-1-11(15(18)19)14-12(13)7-10(8-17-14)9-3-5-20-6-4-9/h1-3,7-8H,4-6H2,(H,18,19). The number of carbonyl (C=O) groups is 1. The Bertz CT molecular complexity index is 724. The molecule has 1 aliphatic rings. The van der Waals surface area contributed by atoms with Crippen molar-refractivity contribution in [2.45, 2.75) is 6.42 Å². The minimum Gasteiger partial charge on any atom is -0.478 e. The molecule has 1 N–H and O–H groups in total. The van der Waals surface area contributed by atoms with Gasteiger partial charge in [-0.05, 0) is 35.8 Å². The molecule has 0 atom stereocenters. The van der Waals surface area contributed by atoms with Gasteiger partial charge in [-0.3, -0.25) is 4.98 Å². The highest BCUT2D eigenvalue weighted by Crippen LogP contribution is 2.26. The van der Waals surface area contributed by atoms with Gasteiger partial charge in [0.2, 0.25) is 0 Å². The number of pyridine rings is 1. The topological polar surface area (TPSA) is 59.4 Å². The van der Waals surface area contributed by atoms with Crippen molar-refractivity contribution in [3.05, 3.63) is 47.4 Å². The van der Waals surface area contributed by atoms with Crippen molar-refractivity contribution in [3.8, 4) is 0 Å². The van der Waals surface area contributed by atoms with Crippen LogP contribution < -0.4 is 0 Å². The van der Waals surface area contributed by atoms with E-state index in [0.717, 1.165) is 23.6 Å². The van der Waals surface area contributed by atoms with Crippen LogP contribution in [0.2, 0.25) is 0 Å². The molecule has 0 unspecified atom stereocenters. The molecule has 2 heterocycles. The summed E-state index contributed by atoms with van der Waals surface area (Å²) < 4.78 is 19.1. The average Bonchev–Trinajstić information content (AvgIpc) is 2.48. The van der Waals surface area contributed by atoms with Gasteiger partial charge in [0.25, 0.3) is 0 Å². The molecular weight excluding hydrogens is 261 g/mol. The lowest BCUT2D eigenvalue weighted by molar-refractivity contribution is 0.0699. The van der Waals surface area contributed by atoms with Crippen LogP contribution in [0.4, 0.5) is 4.39 Å². The van der Waals surface area contributed by atoms with E-state index >= 15 is 0 Å². The van der Waals surface area contributed by atoms with Gasteiger partial charge in [0.1, 0.15) is 5.82 Å². The first-order valence-corrected chi connectivity index (χ1v) is 6.25. The van der Waals surface area contributed by atoms with Crippen LogP contribution in [0.15, 0.2) is 30.5 Å². The van der Waals surface area contributed by atoms with Crippen molar-refractivity contribution < 1.29 is 19.0 Å². The number of hydrogen-bond donors (Lipinski definition) is 1. The fourth-order valence-corrected chi connectivity index (χ4v) is 2.32. The molecule has 4 nitrogen and oxygen atoms in total. The van der Waals surface area contributed by atoms with E-state index in [9.17, 15) is 9.18 Å². The number of carboxylic acids is 1. The summed E-state index contributed by atoms with van der Waals surface area (Å²) in [5.74, 6) is -1.58. The number of nitrogens with zero attached hydrogens (tertiary/aromatic N) is 1. The second kappa shape index (κ2) is 5.02. The zero-order chi connectivity index (χ0) is 14.1. The van der Waals surface area contributed by atoms with E-state index in [4.69, 9.17) is 9.84 Å². The predicted octanol–water partition coefficient (Wildman–Crippen LogP) is 2.88. The Hall–Kier alpha value is -2.27. The SMILES string of the molecule is O=C(O)c1ccc(F)c2cc(C3=CCOCC3)cnc12. The maximum absolute atomic E-state index is 13.9. The highest BCUT2D eigenvalue weighted by Gasteiger charge is 2.15. The summed E-state index contributed by atoms with van der Waals surface area (Å²) in [6.07, 6.45) is 4.27. The molecule has 5 heteroatoms. The van der Waals surface area contributed by atoms with Crippen LogP contribution in [0.5, 0.6) is 0 Å². The predicted molar refractivity (Wildman–Crippen MR) is 72.1 cm³/mol. The highest BCUT2D eigenvalue weighted by molar-refractivity contribution is 6.02. The van der Waals surface area contributed by atoms with E-state index in [1.807, 2.05) is 6.08 Å². The number of carboxylic acid groups (broad SMARTS) is 1. The minimum absolute atomic E-state index is 0.00825. The molecule has 20 heavy (non-hydrogen) atoms. The second-order valence-electron chi connectivity index (χ2n) is 4.57. The Labute approximate surface area is 114 Å². The number of ether oxygens (including phenoxy) is 1. The number of fused-ring (bicyclic) bond motifs is 1. The minimum atomic E-state index is -1.11. The number of aromatic nitrogens is 1. The van der Waals surface area contributed by atoms with Gasteiger partial charge in [-0.1, -0.05) is 6.08 Å². The Morgan fingerprint density at radius 3 is 2.95 bits per heavy atom. The second-order valence-corrected chi connectivity index (χ2v) is 4.57. The third kappa shape index (κ3) is 2.16. The molecule has 2 aromatic rings. The molecular formula is C15H12FNO3. The summed E-state index contributed by atoms with van der Waals surface area (Å²) in [7, 11) is 0. The van der Waals surface area contributed by atoms with Crippen LogP contribution in [-0.4, -0.2) is 29.3 Å². The monoisotopic (exact) mass is 273 g/mol. The summed E-state index contributed by atoms with van der Waals surface area (Å²) in [5.41, 5.74) is 2.04. The van der Waals surface area contributed by atoms with Crippen LogP contribution in [0, 0.1) is 5.82 Å².